The van der Waals surface area contributed by atoms with Crippen LogP contribution >= 0.6 is 15.9 Å². The Kier molecular flexibility index (Phi) is 5.68. The van der Waals surface area contributed by atoms with Gasteiger partial charge in [-0.2, -0.15) is 0 Å². The van der Waals surface area contributed by atoms with Gasteiger partial charge in [-0.15, -0.1) is 0 Å². The van der Waals surface area contributed by atoms with E-state index in [1.807, 2.05) is 25.1 Å². The topological polar surface area (TPSA) is 38.7 Å². The van der Waals surface area contributed by atoms with Crippen LogP contribution in [-0.2, 0) is 4.74 Å². The molecule has 0 fully saturated rings. The Morgan fingerprint density at radius 3 is 2.80 bits per heavy atom. The molecule has 3 nitrogen and oxygen atoms in total. The Bertz CT molecular complexity index is 302. The quantitative estimate of drug-likeness (QED) is 0.808. The number of aliphatic hydroxyl groups excluding tert-OH is 1. The Balaban J connectivity index is 2.33. The number of hydrogen-bond donors (Lipinski definition) is 1. The lowest BCUT2D eigenvalue weighted by molar-refractivity contribution is 0.0703. The average molecular weight is 275 g/mol. The van der Waals surface area contributed by atoms with Crippen LogP contribution in [0.2, 0.25) is 0 Å². The number of halogens is 1. The minimum atomic E-state index is 0.0515. The molecule has 84 valence electrons. The summed E-state index contributed by atoms with van der Waals surface area (Å²) in [5.74, 6) is 0.858. The summed E-state index contributed by atoms with van der Waals surface area (Å²) in [6.45, 7) is 3.40. The summed E-state index contributed by atoms with van der Waals surface area (Å²) in [5, 5.41) is 8.49. The lowest BCUT2D eigenvalue weighted by Gasteiger charge is -2.09. The molecule has 15 heavy (non-hydrogen) atoms. The van der Waals surface area contributed by atoms with Gasteiger partial charge in [0.1, 0.15) is 12.4 Å². The second-order valence-electron chi connectivity index (χ2n) is 3.09. The maximum Gasteiger partial charge on any atom is 0.123 e. The molecule has 0 saturated carbocycles. The fourth-order valence-corrected chi connectivity index (χ4v) is 1.45. The van der Waals surface area contributed by atoms with Crippen LogP contribution in [0, 0.1) is 6.92 Å². The second-order valence-corrected chi connectivity index (χ2v) is 4.01. The van der Waals surface area contributed by atoms with Crippen LogP contribution in [0.15, 0.2) is 22.7 Å². The molecule has 0 radical (unpaired) electrons. The van der Waals surface area contributed by atoms with Gasteiger partial charge in [0.2, 0.25) is 0 Å². The van der Waals surface area contributed by atoms with Crippen LogP contribution < -0.4 is 4.74 Å². The number of hydrogen-bond acceptors (Lipinski definition) is 3. The van der Waals surface area contributed by atoms with E-state index >= 15 is 0 Å². The van der Waals surface area contributed by atoms with Crippen molar-refractivity contribution in [3.05, 3.63) is 28.2 Å². The van der Waals surface area contributed by atoms with Gasteiger partial charge in [0.05, 0.1) is 19.8 Å². The van der Waals surface area contributed by atoms with Crippen LogP contribution in [-0.4, -0.2) is 31.5 Å². The van der Waals surface area contributed by atoms with Gasteiger partial charge in [0.15, 0.2) is 0 Å². The van der Waals surface area contributed by atoms with E-state index in [0.29, 0.717) is 19.8 Å². The molecule has 0 saturated heterocycles. The Hall–Kier alpha value is -0.580. The second kappa shape index (κ2) is 6.82. The van der Waals surface area contributed by atoms with E-state index in [2.05, 4.69) is 15.9 Å². The molecule has 1 N–H and O–H groups in total. The molecule has 0 aromatic heterocycles. The molecule has 0 atom stereocenters. The summed E-state index contributed by atoms with van der Waals surface area (Å²) < 4.78 is 11.6. The third kappa shape index (κ3) is 4.64. The van der Waals surface area contributed by atoms with Gasteiger partial charge in [-0.25, -0.2) is 0 Å². The predicted molar refractivity (Wildman–Crippen MR) is 62.3 cm³/mol. The van der Waals surface area contributed by atoms with Crippen molar-refractivity contribution >= 4 is 15.9 Å². The van der Waals surface area contributed by atoms with E-state index in [1.165, 1.54) is 0 Å². The maximum absolute atomic E-state index is 8.49. The number of rotatable bonds is 6. The van der Waals surface area contributed by atoms with Crippen molar-refractivity contribution in [3.8, 4) is 5.75 Å². The molecule has 1 aromatic carbocycles. The predicted octanol–water partition coefficient (Wildman–Crippen LogP) is 2.15. The zero-order valence-electron chi connectivity index (χ0n) is 8.70. The first-order valence-electron chi connectivity index (χ1n) is 4.81. The first-order chi connectivity index (χ1) is 7.24. The van der Waals surface area contributed by atoms with Crippen LogP contribution in [0.3, 0.4) is 0 Å². The third-order valence-corrected chi connectivity index (χ3v) is 2.36. The molecule has 0 aliphatic rings. The molecule has 1 rings (SSSR count). The zero-order valence-corrected chi connectivity index (χ0v) is 10.3. The molecule has 4 heteroatoms. The largest absolute Gasteiger partial charge is 0.491 e. The zero-order chi connectivity index (χ0) is 11.1. The van der Waals surface area contributed by atoms with Crippen molar-refractivity contribution in [2.24, 2.45) is 0 Å². The molecule has 0 heterocycles. The number of aliphatic hydroxyl groups is 1. The molecule has 0 bridgehead atoms. The summed E-state index contributed by atoms with van der Waals surface area (Å²) in [6.07, 6.45) is 0. The monoisotopic (exact) mass is 274 g/mol. The lowest BCUT2D eigenvalue weighted by atomic mass is 10.2. The smallest absolute Gasteiger partial charge is 0.123 e. The third-order valence-electron chi connectivity index (χ3n) is 1.87. The number of ether oxygens (including phenoxy) is 2. The van der Waals surface area contributed by atoms with E-state index in [4.69, 9.17) is 14.6 Å². The summed E-state index contributed by atoms with van der Waals surface area (Å²) in [7, 11) is 0. The minimum absolute atomic E-state index is 0.0515. The van der Waals surface area contributed by atoms with Gasteiger partial charge in [0, 0.05) is 4.47 Å². The van der Waals surface area contributed by atoms with Crippen molar-refractivity contribution < 1.29 is 14.6 Å². The summed E-state index contributed by atoms with van der Waals surface area (Å²) >= 11 is 3.39. The van der Waals surface area contributed by atoms with Gasteiger partial charge in [-0.1, -0.05) is 22.0 Å². The summed E-state index contributed by atoms with van der Waals surface area (Å²) in [5.41, 5.74) is 1.10. The average Bonchev–Trinajstić information content (AvgIpc) is 2.23. The highest BCUT2D eigenvalue weighted by Gasteiger charge is 1.99. The van der Waals surface area contributed by atoms with Crippen molar-refractivity contribution in [2.75, 3.05) is 26.4 Å². The van der Waals surface area contributed by atoms with Crippen LogP contribution in [0.25, 0.3) is 0 Å². The van der Waals surface area contributed by atoms with Crippen molar-refractivity contribution in [2.45, 2.75) is 6.92 Å². The van der Waals surface area contributed by atoms with Gasteiger partial charge < -0.3 is 14.6 Å². The van der Waals surface area contributed by atoms with E-state index in [-0.39, 0.29) is 6.61 Å². The first-order valence-corrected chi connectivity index (χ1v) is 5.61. The van der Waals surface area contributed by atoms with Crippen LogP contribution in [0.4, 0.5) is 0 Å². The number of benzene rings is 1. The van der Waals surface area contributed by atoms with Crippen molar-refractivity contribution in [1.82, 2.24) is 0 Å². The van der Waals surface area contributed by atoms with Gasteiger partial charge in [-0.05, 0) is 24.6 Å². The molecular weight excluding hydrogens is 260 g/mol. The Morgan fingerprint density at radius 2 is 2.07 bits per heavy atom. The Labute approximate surface area is 98.1 Å². The first kappa shape index (κ1) is 12.5. The Morgan fingerprint density at radius 1 is 1.27 bits per heavy atom. The van der Waals surface area contributed by atoms with E-state index in [1.54, 1.807) is 0 Å². The molecule has 1 aromatic rings. The molecule has 0 amide bonds. The highest BCUT2D eigenvalue weighted by Crippen LogP contribution is 2.22. The van der Waals surface area contributed by atoms with E-state index in [9.17, 15) is 0 Å². The van der Waals surface area contributed by atoms with E-state index < -0.39 is 0 Å². The fourth-order valence-electron chi connectivity index (χ4n) is 1.11. The molecule has 0 spiro atoms. The summed E-state index contributed by atoms with van der Waals surface area (Å²) in [4.78, 5) is 0. The molecule has 0 aliphatic heterocycles. The summed E-state index contributed by atoms with van der Waals surface area (Å²) in [6, 6.07) is 5.90. The standard InChI is InChI=1S/C11H15BrO3/c1-9-2-3-10(12)8-11(9)15-7-6-14-5-4-13/h2-3,8,13H,4-7H2,1H3. The maximum atomic E-state index is 8.49. The van der Waals surface area contributed by atoms with E-state index in [0.717, 1.165) is 15.8 Å². The molecule has 0 unspecified atom stereocenters. The van der Waals surface area contributed by atoms with Crippen LogP contribution in [0.1, 0.15) is 5.56 Å². The molecule has 0 aliphatic carbocycles. The van der Waals surface area contributed by atoms with Gasteiger partial charge >= 0.3 is 0 Å². The van der Waals surface area contributed by atoms with Crippen molar-refractivity contribution in [1.29, 1.82) is 0 Å². The minimum Gasteiger partial charge on any atom is -0.491 e. The van der Waals surface area contributed by atoms with Gasteiger partial charge in [-0.3, -0.25) is 0 Å². The highest BCUT2D eigenvalue weighted by atomic mass is 79.9. The SMILES string of the molecule is Cc1ccc(Br)cc1OCCOCCO. The highest BCUT2D eigenvalue weighted by molar-refractivity contribution is 9.10. The lowest BCUT2D eigenvalue weighted by Crippen LogP contribution is -2.09. The molecular formula is C11H15BrO3. The number of aryl methyl sites for hydroxylation is 1. The van der Waals surface area contributed by atoms with Gasteiger partial charge in [0.25, 0.3) is 0 Å². The fraction of sp³-hybridized carbons (Fsp3) is 0.455. The van der Waals surface area contributed by atoms with Crippen molar-refractivity contribution in [3.63, 3.8) is 0 Å². The van der Waals surface area contributed by atoms with Crippen LogP contribution in [0.5, 0.6) is 5.75 Å². The normalized spacial score (nSPS) is 10.3.